The normalized spacial score (nSPS) is 12.5. The van der Waals surface area contributed by atoms with Crippen molar-refractivity contribution in [2.45, 2.75) is 45.8 Å². The van der Waals surface area contributed by atoms with E-state index in [4.69, 9.17) is 10.2 Å². The summed E-state index contributed by atoms with van der Waals surface area (Å²) in [7, 11) is 0.104. The molecular formula is C17H27N3OSi. The smallest absolute Gasteiger partial charge is 0.250 e. The van der Waals surface area contributed by atoms with Gasteiger partial charge in [0.15, 0.2) is 0 Å². The maximum Gasteiger partial charge on any atom is 0.250 e. The predicted molar refractivity (Wildman–Crippen MR) is 95.6 cm³/mol. The SMILES string of the molecule is Cc1c(N)c(-c2ccc(O[Si](C)(C)C(C)(C)C)cc2)nn1C. The molecule has 1 aromatic heterocycles. The molecule has 0 aliphatic heterocycles. The summed E-state index contributed by atoms with van der Waals surface area (Å²) >= 11 is 0. The molecule has 0 fully saturated rings. The lowest BCUT2D eigenvalue weighted by Gasteiger charge is -2.36. The second-order valence-corrected chi connectivity index (χ2v) is 12.1. The van der Waals surface area contributed by atoms with Crippen LogP contribution >= 0.6 is 0 Å². The van der Waals surface area contributed by atoms with Gasteiger partial charge in [0.1, 0.15) is 11.4 Å². The van der Waals surface area contributed by atoms with Crippen LogP contribution in [0, 0.1) is 6.92 Å². The van der Waals surface area contributed by atoms with Gasteiger partial charge in [0.2, 0.25) is 8.32 Å². The Morgan fingerprint density at radius 2 is 1.68 bits per heavy atom. The molecule has 22 heavy (non-hydrogen) atoms. The lowest BCUT2D eigenvalue weighted by atomic mass is 10.1. The Morgan fingerprint density at radius 3 is 2.09 bits per heavy atom. The number of rotatable bonds is 3. The van der Waals surface area contributed by atoms with Crippen LogP contribution in [0.15, 0.2) is 24.3 Å². The molecule has 2 N–H and O–H groups in total. The third-order valence-electron chi connectivity index (χ3n) is 4.69. The van der Waals surface area contributed by atoms with Gasteiger partial charge < -0.3 is 10.2 Å². The quantitative estimate of drug-likeness (QED) is 0.856. The molecule has 0 radical (unpaired) electrons. The molecule has 5 heteroatoms. The molecule has 0 saturated carbocycles. The minimum atomic E-state index is -1.80. The largest absolute Gasteiger partial charge is 0.544 e. The average molecular weight is 318 g/mol. The summed E-state index contributed by atoms with van der Waals surface area (Å²) in [5, 5.41) is 4.67. The molecule has 0 saturated heterocycles. The standard InChI is InChI=1S/C17H27N3OSi/c1-12-15(18)16(19-20(12)5)13-8-10-14(11-9-13)21-22(6,7)17(2,3)4/h8-11H,18H2,1-7H3. The van der Waals surface area contributed by atoms with Crippen molar-refractivity contribution in [2.75, 3.05) is 5.73 Å². The van der Waals surface area contributed by atoms with Gasteiger partial charge in [-0.15, -0.1) is 0 Å². The zero-order chi connectivity index (χ0) is 16.7. The van der Waals surface area contributed by atoms with Gasteiger partial charge in [-0.2, -0.15) is 5.10 Å². The Balaban J connectivity index is 2.26. The van der Waals surface area contributed by atoms with Crippen LogP contribution in [0.25, 0.3) is 11.3 Å². The van der Waals surface area contributed by atoms with Crippen molar-refractivity contribution in [1.82, 2.24) is 9.78 Å². The highest BCUT2D eigenvalue weighted by atomic mass is 28.4. The molecule has 2 rings (SSSR count). The third kappa shape index (κ3) is 3.04. The molecule has 1 aromatic carbocycles. The van der Waals surface area contributed by atoms with E-state index in [1.54, 1.807) is 0 Å². The number of nitrogen functional groups attached to an aromatic ring is 1. The van der Waals surface area contributed by atoms with E-state index in [0.717, 1.165) is 28.4 Å². The summed E-state index contributed by atoms with van der Waals surface area (Å²) in [5.41, 5.74) is 9.69. The highest BCUT2D eigenvalue weighted by molar-refractivity contribution is 6.74. The molecular weight excluding hydrogens is 290 g/mol. The highest BCUT2D eigenvalue weighted by Gasteiger charge is 2.38. The first-order valence-corrected chi connectivity index (χ1v) is 10.5. The topological polar surface area (TPSA) is 53.1 Å². The van der Waals surface area contributed by atoms with E-state index in [-0.39, 0.29) is 5.04 Å². The Morgan fingerprint density at radius 1 is 1.14 bits per heavy atom. The van der Waals surface area contributed by atoms with E-state index >= 15 is 0 Å². The number of aromatic nitrogens is 2. The van der Waals surface area contributed by atoms with Crippen molar-refractivity contribution in [3.8, 4) is 17.0 Å². The molecule has 2 aromatic rings. The number of anilines is 1. The second-order valence-electron chi connectivity index (χ2n) is 7.36. The maximum atomic E-state index is 6.30. The summed E-state index contributed by atoms with van der Waals surface area (Å²) in [6.07, 6.45) is 0. The van der Waals surface area contributed by atoms with Crippen molar-refractivity contribution in [3.05, 3.63) is 30.0 Å². The molecule has 0 bridgehead atoms. The van der Waals surface area contributed by atoms with Gasteiger partial charge in [-0.25, -0.2) is 0 Å². The molecule has 1 heterocycles. The number of aryl methyl sites for hydroxylation is 1. The Kier molecular flexibility index (Phi) is 4.13. The summed E-state index contributed by atoms with van der Waals surface area (Å²) in [5.74, 6) is 0.918. The molecule has 120 valence electrons. The van der Waals surface area contributed by atoms with Crippen LogP contribution in [0.1, 0.15) is 26.5 Å². The van der Waals surface area contributed by atoms with Crippen molar-refractivity contribution in [2.24, 2.45) is 7.05 Å². The van der Waals surface area contributed by atoms with Crippen molar-refractivity contribution in [3.63, 3.8) is 0 Å². The molecule has 0 aliphatic rings. The van der Waals surface area contributed by atoms with Crippen molar-refractivity contribution in [1.29, 1.82) is 0 Å². The van der Waals surface area contributed by atoms with Crippen LogP contribution in [0.2, 0.25) is 18.1 Å². The zero-order valence-electron chi connectivity index (χ0n) is 14.7. The number of hydrogen-bond donors (Lipinski definition) is 1. The Hall–Kier alpha value is -1.75. The molecule has 0 unspecified atom stereocenters. The summed E-state index contributed by atoms with van der Waals surface area (Å²) < 4.78 is 8.11. The monoisotopic (exact) mass is 317 g/mol. The van der Waals surface area contributed by atoms with Crippen LogP contribution in [-0.2, 0) is 7.05 Å². The fourth-order valence-corrected chi connectivity index (χ4v) is 3.00. The Bertz CT molecular complexity index is 666. The molecule has 4 nitrogen and oxygen atoms in total. The van der Waals surface area contributed by atoms with Gasteiger partial charge in [-0.3, -0.25) is 4.68 Å². The lowest BCUT2D eigenvalue weighted by Crippen LogP contribution is -2.43. The van der Waals surface area contributed by atoms with Gasteiger partial charge in [0, 0.05) is 12.6 Å². The molecule has 0 spiro atoms. The lowest BCUT2D eigenvalue weighted by molar-refractivity contribution is 0.492. The highest BCUT2D eigenvalue weighted by Crippen LogP contribution is 2.37. The van der Waals surface area contributed by atoms with Gasteiger partial charge in [-0.1, -0.05) is 20.8 Å². The maximum absolute atomic E-state index is 6.30. The van der Waals surface area contributed by atoms with Crippen LogP contribution in [0.4, 0.5) is 5.69 Å². The number of benzene rings is 1. The molecule has 0 amide bonds. The number of hydrogen-bond acceptors (Lipinski definition) is 3. The molecule has 0 atom stereocenters. The minimum Gasteiger partial charge on any atom is -0.544 e. The van der Waals surface area contributed by atoms with Crippen LogP contribution < -0.4 is 10.2 Å². The number of nitrogens with zero attached hydrogens (tertiary/aromatic N) is 2. The fraction of sp³-hybridized carbons (Fsp3) is 0.471. The zero-order valence-corrected chi connectivity index (χ0v) is 15.7. The number of nitrogens with two attached hydrogens (primary N) is 1. The van der Waals surface area contributed by atoms with E-state index in [0.29, 0.717) is 0 Å². The predicted octanol–water partition coefficient (Wildman–Crippen LogP) is 4.36. The van der Waals surface area contributed by atoms with Crippen LogP contribution in [0.5, 0.6) is 5.75 Å². The average Bonchev–Trinajstić information content (AvgIpc) is 2.66. The van der Waals surface area contributed by atoms with Gasteiger partial charge in [0.05, 0.1) is 11.4 Å². The van der Waals surface area contributed by atoms with E-state index in [2.05, 4.69) is 39.0 Å². The van der Waals surface area contributed by atoms with E-state index in [1.807, 2.05) is 42.9 Å². The summed E-state index contributed by atoms with van der Waals surface area (Å²) in [4.78, 5) is 0. The van der Waals surface area contributed by atoms with Gasteiger partial charge >= 0.3 is 0 Å². The van der Waals surface area contributed by atoms with Crippen molar-refractivity contribution >= 4 is 14.0 Å². The fourth-order valence-electron chi connectivity index (χ4n) is 1.97. The van der Waals surface area contributed by atoms with Gasteiger partial charge in [-0.05, 0) is 49.3 Å². The van der Waals surface area contributed by atoms with Crippen LogP contribution in [-0.4, -0.2) is 18.1 Å². The van der Waals surface area contributed by atoms with E-state index in [9.17, 15) is 0 Å². The first kappa shape index (κ1) is 16.6. The first-order chi connectivity index (χ1) is 10.0. The summed E-state index contributed by atoms with van der Waals surface area (Å²) in [6.45, 7) is 13.2. The van der Waals surface area contributed by atoms with Crippen LogP contribution in [0.3, 0.4) is 0 Å². The summed E-state index contributed by atoms with van der Waals surface area (Å²) in [6, 6.07) is 8.08. The first-order valence-electron chi connectivity index (χ1n) is 7.61. The third-order valence-corrected chi connectivity index (χ3v) is 9.05. The van der Waals surface area contributed by atoms with Gasteiger partial charge in [0.25, 0.3) is 0 Å². The second kappa shape index (κ2) is 5.46. The van der Waals surface area contributed by atoms with Crippen molar-refractivity contribution < 1.29 is 4.43 Å². The van der Waals surface area contributed by atoms with E-state index in [1.165, 1.54) is 0 Å². The van der Waals surface area contributed by atoms with E-state index < -0.39 is 8.32 Å². The minimum absolute atomic E-state index is 0.189. The molecule has 0 aliphatic carbocycles. The Labute approximate surface area is 134 Å².